The predicted octanol–water partition coefficient (Wildman–Crippen LogP) is 8.96. The van der Waals surface area contributed by atoms with Crippen molar-refractivity contribution in [1.82, 2.24) is 10.6 Å². The first-order valence-electron chi connectivity index (χ1n) is 22.4. The molecule has 0 bridgehead atoms. The summed E-state index contributed by atoms with van der Waals surface area (Å²) in [5.74, 6) is -0.138. The molecule has 10 nitrogen and oxygen atoms in total. The van der Waals surface area contributed by atoms with Gasteiger partial charge in [0, 0.05) is 32.4 Å². The number of allylic oxidation sites excluding steroid dienone is 3. The molecule has 57 heavy (non-hydrogen) atoms. The Kier molecular flexibility index (Phi) is 19.6. The number of hydrogen-bond donors (Lipinski definition) is 3. The lowest BCUT2D eigenvalue weighted by Crippen LogP contribution is -2.52. The maximum atomic E-state index is 13.7. The molecule has 3 aliphatic rings. The third-order valence-electron chi connectivity index (χ3n) is 13.4. The number of carbonyl (C=O) groups excluding carboxylic acids is 3. The van der Waals surface area contributed by atoms with Gasteiger partial charge in [0.1, 0.15) is 0 Å². The van der Waals surface area contributed by atoms with E-state index in [4.69, 9.17) is 18.6 Å². The molecule has 0 aromatic rings. The van der Waals surface area contributed by atoms with E-state index >= 15 is 0 Å². The van der Waals surface area contributed by atoms with Gasteiger partial charge in [0.25, 0.3) is 0 Å². The Hall–Kier alpha value is -1.89. The first-order valence-corrected chi connectivity index (χ1v) is 25.3. The van der Waals surface area contributed by atoms with E-state index in [2.05, 4.69) is 71.3 Å². The summed E-state index contributed by atoms with van der Waals surface area (Å²) in [5, 5.41) is 16.1. The Morgan fingerprint density at radius 2 is 1.63 bits per heavy atom. The molecule has 3 rings (SSSR count). The molecular formula is C46H82N2O8Si. The Labute approximate surface area is 347 Å². The highest BCUT2D eigenvalue weighted by molar-refractivity contribution is 6.74. The van der Waals surface area contributed by atoms with E-state index in [1.807, 2.05) is 27.7 Å². The highest BCUT2D eigenvalue weighted by Gasteiger charge is 2.45. The third-order valence-corrected chi connectivity index (χ3v) is 17.9. The average molecular weight is 819 g/mol. The van der Waals surface area contributed by atoms with Gasteiger partial charge in [-0.3, -0.25) is 14.4 Å². The molecule has 328 valence electrons. The van der Waals surface area contributed by atoms with Gasteiger partial charge in [-0.2, -0.15) is 0 Å². The average Bonchev–Trinajstić information content (AvgIpc) is 3.13. The fraction of sp³-hybridized carbons (Fsp3) is 0.848. The highest BCUT2D eigenvalue weighted by Crippen LogP contribution is 2.43. The van der Waals surface area contributed by atoms with E-state index in [0.29, 0.717) is 24.8 Å². The van der Waals surface area contributed by atoms with Crippen molar-refractivity contribution in [3.63, 3.8) is 0 Å². The number of nitrogens with one attached hydrogen (secondary N) is 2. The van der Waals surface area contributed by atoms with E-state index in [9.17, 15) is 19.5 Å². The van der Waals surface area contributed by atoms with Crippen molar-refractivity contribution in [3.05, 3.63) is 23.8 Å². The molecule has 3 saturated heterocycles. The van der Waals surface area contributed by atoms with Crippen LogP contribution in [0.2, 0.25) is 18.1 Å². The summed E-state index contributed by atoms with van der Waals surface area (Å²) >= 11 is 0. The molecule has 0 saturated carbocycles. The molecule has 0 radical (unpaired) electrons. The van der Waals surface area contributed by atoms with Crippen LogP contribution < -0.4 is 10.6 Å². The minimum atomic E-state index is -2.28. The van der Waals surface area contributed by atoms with Gasteiger partial charge in [0.05, 0.1) is 49.0 Å². The SMILES string of the molecule is C/C=C/C(=O)C[C@@H]1CC[C@@H](C)[C@H](CC(=O)NC[C@H](O[Si](C)(C)C(C)(C)C)[C@H](C)C(=O)NCCC[C@H]2O[C@@]3(CCC[C@@H](CC[C@H](C)/C=C(\C)[C@H](C)O)O3)CC[C@@H]2C)O1. The van der Waals surface area contributed by atoms with Crippen LogP contribution in [-0.4, -0.2) is 86.5 Å². The molecule has 0 unspecified atom stereocenters. The van der Waals surface area contributed by atoms with Gasteiger partial charge in [-0.25, -0.2) is 0 Å². The molecule has 11 heteroatoms. The molecule has 1 spiro atoms. The summed E-state index contributed by atoms with van der Waals surface area (Å²) in [6.07, 6.45) is 15.4. The normalized spacial score (nSPS) is 29.8. The summed E-state index contributed by atoms with van der Waals surface area (Å²) in [6, 6.07) is 0. The Bertz CT molecular complexity index is 1340. The number of aliphatic hydroxyl groups excluding tert-OH is 1. The van der Waals surface area contributed by atoms with Crippen molar-refractivity contribution in [1.29, 1.82) is 0 Å². The molecule has 3 aliphatic heterocycles. The molecule has 3 N–H and O–H groups in total. The Balaban J connectivity index is 1.53. The monoisotopic (exact) mass is 819 g/mol. The van der Waals surface area contributed by atoms with Gasteiger partial charge >= 0.3 is 0 Å². The maximum absolute atomic E-state index is 13.7. The van der Waals surface area contributed by atoms with E-state index in [-0.39, 0.29) is 65.9 Å². The standard InChI is InChI=1S/C46H82N2O8Si/c1-13-16-37(50)28-39-22-20-32(3)41(53-39)29-43(51)48-30-42(56-57(11,12)45(8,9)10)35(6)44(52)47-26-15-18-40-33(4)23-25-46(55-40)24-14-17-38(54-46)21-19-31(2)27-34(5)36(7)49/h13,16,27,31-33,35-36,38-42,49H,14-15,17-26,28-30H2,1-12H3,(H,47,52)(H,48,51)/b16-13+,34-27+/t31-,32+,33-,35-,36-,38-,39-,40+,41-,42-,46-/m0/s1. The van der Waals surface area contributed by atoms with E-state index < -0.39 is 32.2 Å². The molecule has 0 aliphatic carbocycles. The lowest BCUT2D eigenvalue weighted by atomic mass is 9.85. The molecule has 0 aromatic heterocycles. The fourth-order valence-corrected chi connectivity index (χ4v) is 9.59. The largest absolute Gasteiger partial charge is 0.411 e. The minimum Gasteiger partial charge on any atom is -0.411 e. The quantitative estimate of drug-likeness (QED) is 0.0481. The van der Waals surface area contributed by atoms with Gasteiger partial charge in [0.2, 0.25) is 11.8 Å². The number of carbonyl (C=O) groups is 3. The highest BCUT2D eigenvalue weighted by atomic mass is 28.4. The van der Waals surface area contributed by atoms with Gasteiger partial charge in [0.15, 0.2) is 19.9 Å². The Morgan fingerprint density at radius 1 is 0.930 bits per heavy atom. The maximum Gasteiger partial charge on any atom is 0.225 e. The van der Waals surface area contributed by atoms with Crippen LogP contribution in [0.3, 0.4) is 0 Å². The van der Waals surface area contributed by atoms with Crippen LogP contribution in [0.1, 0.15) is 153 Å². The number of amides is 2. The second-order valence-corrected chi connectivity index (χ2v) is 24.3. The number of rotatable bonds is 20. The van der Waals surface area contributed by atoms with Crippen LogP contribution in [0.25, 0.3) is 0 Å². The van der Waals surface area contributed by atoms with Crippen LogP contribution in [0.5, 0.6) is 0 Å². The van der Waals surface area contributed by atoms with E-state index in [0.717, 1.165) is 76.2 Å². The summed E-state index contributed by atoms with van der Waals surface area (Å²) < 4.78 is 26.6. The smallest absolute Gasteiger partial charge is 0.225 e. The first-order chi connectivity index (χ1) is 26.6. The van der Waals surface area contributed by atoms with E-state index in [1.165, 1.54) is 0 Å². The number of hydrogen-bond acceptors (Lipinski definition) is 8. The molecular weight excluding hydrogens is 737 g/mol. The van der Waals surface area contributed by atoms with Crippen LogP contribution in [0, 0.1) is 23.7 Å². The zero-order valence-corrected chi connectivity index (χ0v) is 38.9. The van der Waals surface area contributed by atoms with Gasteiger partial charge in [-0.05, 0) is 126 Å². The molecule has 0 aromatic carbocycles. The topological polar surface area (TPSA) is 132 Å². The third kappa shape index (κ3) is 15.9. The first kappa shape index (κ1) is 49.5. The summed E-state index contributed by atoms with van der Waals surface area (Å²) in [7, 11) is -2.28. The van der Waals surface area contributed by atoms with Crippen molar-refractivity contribution in [2.45, 2.75) is 213 Å². The lowest BCUT2D eigenvalue weighted by molar-refractivity contribution is -0.324. The van der Waals surface area contributed by atoms with Gasteiger partial charge < -0.3 is 34.4 Å². The van der Waals surface area contributed by atoms with Crippen molar-refractivity contribution >= 4 is 25.9 Å². The van der Waals surface area contributed by atoms with Crippen molar-refractivity contribution in [2.75, 3.05) is 13.1 Å². The molecule has 3 heterocycles. The van der Waals surface area contributed by atoms with Crippen molar-refractivity contribution < 1.29 is 38.1 Å². The number of ether oxygens (including phenoxy) is 3. The number of ketones is 1. The van der Waals surface area contributed by atoms with Crippen molar-refractivity contribution in [3.8, 4) is 0 Å². The van der Waals surface area contributed by atoms with E-state index in [1.54, 1.807) is 12.2 Å². The summed E-state index contributed by atoms with van der Waals surface area (Å²) in [6.45, 7) is 25.8. The van der Waals surface area contributed by atoms with Crippen molar-refractivity contribution in [2.24, 2.45) is 23.7 Å². The molecule has 3 fully saturated rings. The molecule has 2 amide bonds. The second-order valence-electron chi connectivity index (χ2n) is 19.5. The van der Waals surface area contributed by atoms with Crippen LogP contribution in [0.4, 0.5) is 0 Å². The lowest BCUT2D eigenvalue weighted by Gasteiger charge is -2.48. The van der Waals surface area contributed by atoms with Gasteiger partial charge in [-0.15, -0.1) is 0 Å². The zero-order chi connectivity index (χ0) is 42.6. The molecule has 11 atom stereocenters. The van der Waals surface area contributed by atoms with Crippen LogP contribution in [-0.2, 0) is 33.0 Å². The van der Waals surface area contributed by atoms with Crippen LogP contribution in [0.15, 0.2) is 23.8 Å². The number of aliphatic hydroxyl groups is 1. The second kappa shape index (κ2) is 22.6. The summed E-state index contributed by atoms with van der Waals surface area (Å²) in [5.41, 5.74) is 1.02. The summed E-state index contributed by atoms with van der Waals surface area (Å²) in [4.78, 5) is 39.2. The fourth-order valence-electron chi connectivity index (χ4n) is 8.19. The zero-order valence-electron chi connectivity index (χ0n) is 37.9. The predicted molar refractivity (Wildman–Crippen MR) is 231 cm³/mol. The Morgan fingerprint density at radius 3 is 2.30 bits per heavy atom. The minimum absolute atomic E-state index is 0.0432. The van der Waals surface area contributed by atoms with Crippen LogP contribution >= 0.6 is 0 Å². The van der Waals surface area contributed by atoms with Gasteiger partial charge in [-0.1, -0.05) is 60.6 Å².